The summed E-state index contributed by atoms with van der Waals surface area (Å²) in [4.78, 5) is 15.2. The number of rotatable bonds is 3. The van der Waals surface area contributed by atoms with Crippen molar-refractivity contribution in [1.29, 1.82) is 5.26 Å². The third-order valence-corrected chi connectivity index (χ3v) is 3.17. The van der Waals surface area contributed by atoms with Crippen LogP contribution in [0.25, 0.3) is 0 Å². The first-order valence-corrected chi connectivity index (χ1v) is 6.51. The lowest BCUT2D eigenvalue weighted by Crippen LogP contribution is -2.26. The Labute approximate surface area is 122 Å². The van der Waals surface area contributed by atoms with Gasteiger partial charge in [-0.1, -0.05) is 0 Å². The van der Waals surface area contributed by atoms with Crippen LogP contribution in [0.5, 0.6) is 0 Å². The monoisotopic (exact) mass is 286 g/mol. The van der Waals surface area contributed by atoms with Crippen LogP contribution in [0.1, 0.15) is 25.3 Å². The molecule has 0 fully saturated rings. The number of nitrogens with zero attached hydrogens (tertiary/aromatic N) is 1. The molecule has 1 unspecified atom stereocenters. The maximum absolute atomic E-state index is 12.2. The van der Waals surface area contributed by atoms with E-state index in [1.54, 1.807) is 32.3 Å². The first-order chi connectivity index (χ1) is 10.1. The van der Waals surface area contributed by atoms with Crippen molar-refractivity contribution < 1.29 is 19.3 Å². The van der Waals surface area contributed by atoms with Gasteiger partial charge in [0.25, 0.3) is 0 Å². The van der Waals surface area contributed by atoms with E-state index in [-0.39, 0.29) is 18.1 Å². The highest BCUT2D eigenvalue weighted by molar-refractivity contribution is 5.92. The lowest BCUT2D eigenvalue weighted by atomic mass is 9.84. The molecule has 1 aromatic rings. The first-order valence-electron chi connectivity index (χ1n) is 6.51. The largest absolute Gasteiger partial charge is 0.463 e. The van der Waals surface area contributed by atoms with Gasteiger partial charge in [-0.25, -0.2) is 9.78 Å². The fourth-order valence-corrected chi connectivity index (χ4v) is 2.27. The van der Waals surface area contributed by atoms with Crippen LogP contribution in [-0.4, -0.2) is 12.6 Å². The average molecular weight is 286 g/mol. The Morgan fingerprint density at radius 1 is 1.62 bits per heavy atom. The summed E-state index contributed by atoms with van der Waals surface area (Å²) in [5, 5.41) is 9.36. The van der Waals surface area contributed by atoms with E-state index >= 15 is 0 Å². The smallest absolute Gasteiger partial charge is 0.338 e. The summed E-state index contributed by atoms with van der Waals surface area (Å²) >= 11 is 0. The fourth-order valence-electron chi connectivity index (χ4n) is 2.27. The first kappa shape index (κ1) is 14.6. The molecule has 1 aliphatic heterocycles. The average Bonchev–Trinajstić information content (AvgIpc) is 2.47. The van der Waals surface area contributed by atoms with E-state index in [4.69, 9.17) is 15.2 Å². The van der Waals surface area contributed by atoms with E-state index in [2.05, 4.69) is 4.98 Å². The van der Waals surface area contributed by atoms with Gasteiger partial charge in [0.15, 0.2) is 12.4 Å². The van der Waals surface area contributed by atoms with Gasteiger partial charge in [0.1, 0.15) is 17.4 Å². The van der Waals surface area contributed by atoms with Crippen molar-refractivity contribution in [3.8, 4) is 6.07 Å². The predicted octanol–water partition coefficient (Wildman–Crippen LogP) is 1.15. The molecule has 0 radical (unpaired) electrons. The number of hydrogen-bond acceptors (Lipinski definition) is 5. The summed E-state index contributed by atoms with van der Waals surface area (Å²) in [5.74, 6) is -0.750. The van der Waals surface area contributed by atoms with Gasteiger partial charge in [0, 0.05) is 11.6 Å². The van der Waals surface area contributed by atoms with Gasteiger partial charge in [-0.2, -0.15) is 5.26 Å². The SMILES string of the molecule is CCOC(=O)C1=C(C)OC(N)=C(C#N)C1c1ccc[nH+]c1. The van der Waals surface area contributed by atoms with Crippen LogP contribution in [0.2, 0.25) is 0 Å². The summed E-state index contributed by atoms with van der Waals surface area (Å²) < 4.78 is 10.4. The van der Waals surface area contributed by atoms with Crippen molar-refractivity contribution in [3.05, 3.63) is 52.9 Å². The molecule has 0 saturated heterocycles. The lowest BCUT2D eigenvalue weighted by Gasteiger charge is -2.25. The van der Waals surface area contributed by atoms with Crippen LogP contribution < -0.4 is 10.7 Å². The standard InChI is InChI=1S/C15H15N3O3/c1-3-20-15(19)12-9(2)21-14(17)11(7-16)13(12)10-5-4-6-18-8-10/h4-6,8,13H,3,17H2,1-2H3/p+1. The summed E-state index contributed by atoms with van der Waals surface area (Å²) in [7, 11) is 0. The Bertz CT molecular complexity index is 656. The number of H-pyrrole nitrogens is 1. The molecule has 1 atom stereocenters. The molecule has 2 rings (SSSR count). The van der Waals surface area contributed by atoms with Gasteiger partial charge < -0.3 is 15.2 Å². The second-order valence-electron chi connectivity index (χ2n) is 4.45. The Balaban J connectivity index is 2.58. The number of carbonyl (C=O) groups is 1. The van der Waals surface area contributed by atoms with Gasteiger partial charge in [-0.15, -0.1) is 0 Å². The highest BCUT2D eigenvalue weighted by Gasteiger charge is 2.36. The van der Waals surface area contributed by atoms with Crippen molar-refractivity contribution in [3.63, 3.8) is 0 Å². The van der Waals surface area contributed by atoms with E-state index in [1.807, 2.05) is 12.1 Å². The zero-order valence-electron chi connectivity index (χ0n) is 11.8. The molecule has 0 saturated carbocycles. The van der Waals surface area contributed by atoms with Gasteiger partial charge in [-0.3, -0.25) is 0 Å². The van der Waals surface area contributed by atoms with Crippen molar-refractivity contribution in [1.82, 2.24) is 0 Å². The van der Waals surface area contributed by atoms with Crippen LogP contribution in [0.4, 0.5) is 0 Å². The zero-order chi connectivity index (χ0) is 15.4. The van der Waals surface area contributed by atoms with E-state index in [0.717, 1.165) is 5.56 Å². The van der Waals surface area contributed by atoms with Crippen molar-refractivity contribution in [2.45, 2.75) is 19.8 Å². The molecule has 1 aromatic heterocycles. The molecule has 0 aliphatic carbocycles. The normalized spacial score (nSPS) is 18.0. The maximum Gasteiger partial charge on any atom is 0.338 e. The van der Waals surface area contributed by atoms with E-state index < -0.39 is 11.9 Å². The maximum atomic E-state index is 12.2. The molecule has 2 heterocycles. The molecule has 21 heavy (non-hydrogen) atoms. The topological polar surface area (TPSA) is 99.5 Å². The van der Waals surface area contributed by atoms with Gasteiger partial charge in [0.05, 0.1) is 18.1 Å². The van der Waals surface area contributed by atoms with Crippen LogP contribution >= 0.6 is 0 Å². The minimum Gasteiger partial charge on any atom is -0.463 e. The third kappa shape index (κ3) is 2.72. The molecule has 0 amide bonds. The van der Waals surface area contributed by atoms with E-state index in [1.165, 1.54) is 0 Å². The molecule has 6 heteroatoms. The molecule has 6 nitrogen and oxygen atoms in total. The summed E-state index contributed by atoms with van der Waals surface area (Å²) in [6, 6.07) is 5.62. The summed E-state index contributed by atoms with van der Waals surface area (Å²) in [5.41, 5.74) is 7.01. The molecule has 108 valence electrons. The number of pyridine rings is 1. The van der Waals surface area contributed by atoms with Crippen molar-refractivity contribution in [2.24, 2.45) is 5.73 Å². The molecule has 0 bridgehead atoms. The number of hydrogen-bond donors (Lipinski definition) is 1. The highest BCUT2D eigenvalue weighted by atomic mass is 16.5. The number of aromatic amines is 1. The Morgan fingerprint density at radius 3 is 2.95 bits per heavy atom. The summed E-state index contributed by atoms with van der Waals surface area (Å²) in [6.45, 7) is 3.59. The predicted molar refractivity (Wildman–Crippen MR) is 73.0 cm³/mol. The van der Waals surface area contributed by atoms with Crippen molar-refractivity contribution in [2.75, 3.05) is 6.61 Å². The number of nitrogens with two attached hydrogens (primary N) is 1. The highest BCUT2D eigenvalue weighted by Crippen LogP contribution is 2.38. The summed E-state index contributed by atoms with van der Waals surface area (Å²) in [6.07, 6.45) is 3.45. The lowest BCUT2D eigenvalue weighted by molar-refractivity contribution is -0.378. The van der Waals surface area contributed by atoms with Crippen molar-refractivity contribution >= 4 is 5.97 Å². The number of carbonyl (C=O) groups excluding carboxylic acids is 1. The third-order valence-electron chi connectivity index (χ3n) is 3.17. The Morgan fingerprint density at radius 2 is 2.38 bits per heavy atom. The Kier molecular flexibility index (Phi) is 4.24. The molecule has 3 N–H and O–H groups in total. The molecular formula is C15H16N3O3+. The number of ether oxygens (including phenoxy) is 2. The second-order valence-corrected chi connectivity index (χ2v) is 4.45. The van der Waals surface area contributed by atoms with Gasteiger partial charge >= 0.3 is 5.97 Å². The number of aromatic nitrogens is 1. The minimum atomic E-state index is -0.597. The quantitative estimate of drug-likeness (QED) is 0.840. The molecule has 0 spiro atoms. The molecule has 1 aliphatic rings. The van der Waals surface area contributed by atoms with Crippen LogP contribution in [0.3, 0.4) is 0 Å². The molecular weight excluding hydrogens is 270 g/mol. The van der Waals surface area contributed by atoms with Gasteiger partial charge in [0.2, 0.25) is 5.88 Å². The van der Waals surface area contributed by atoms with Crippen LogP contribution in [-0.2, 0) is 14.3 Å². The zero-order valence-corrected chi connectivity index (χ0v) is 11.8. The number of esters is 1. The molecule has 0 aromatic carbocycles. The van der Waals surface area contributed by atoms with Crippen LogP contribution in [0.15, 0.2) is 47.3 Å². The van der Waals surface area contributed by atoms with E-state index in [0.29, 0.717) is 11.3 Å². The Hall–Kier alpha value is -2.81. The van der Waals surface area contributed by atoms with Crippen LogP contribution in [0, 0.1) is 11.3 Å². The number of nitriles is 1. The van der Waals surface area contributed by atoms with E-state index in [9.17, 15) is 10.1 Å². The fraction of sp³-hybridized carbons (Fsp3) is 0.267. The minimum absolute atomic E-state index is 0.0110. The number of nitrogens with one attached hydrogen (secondary N) is 1. The number of allylic oxidation sites excluding steroid dienone is 2. The second kappa shape index (κ2) is 6.09. The van der Waals surface area contributed by atoms with Gasteiger partial charge in [-0.05, 0) is 19.9 Å².